The standard InChI is InChI=1S/C13H13N2O2/c14-13(8-2-1-3-9-13)10-11-4-6-12(7-5-11)15(16)17/h1-2,4-8H,9-10,14H2. The zero-order valence-corrected chi connectivity index (χ0v) is 9.30. The number of nitrogens with two attached hydrogens (primary N) is 1. The van der Waals surface area contributed by atoms with Gasteiger partial charge < -0.3 is 5.73 Å². The minimum Gasteiger partial charge on any atom is -0.321 e. The molecule has 1 aromatic carbocycles. The van der Waals surface area contributed by atoms with Crippen LogP contribution in [-0.2, 0) is 6.42 Å². The van der Waals surface area contributed by atoms with Gasteiger partial charge in [0, 0.05) is 17.7 Å². The van der Waals surface area contributed by atoms with Crippen LogP contribution in [0.3, 0.4) is 0 Å². The second kappa shape index (κ2) is 4.51. The van der Waals surface area contributed by atoms with Crippen LogP contribution in [0.25, 0.3) is 0 Å². The van der Waals surface area contributed by atoms with E-state index < -0.39 is 10.5 Å². The van der Waals surface area contributed by atoms with Gasteiger partial charge in [0.1, 0.15) is 0 Å². The first-order valence-electron chi connectivity index (χ1n) is 5.36. The summed E-state index contributed by atoms with van der Waals surface area (Å²) in [5.41, 5.74) is 6.85. The summed E-state index contributed by atoms with van der Waals surface area (Å²) < 4.78 is 0. The van der Waals surface area contributed by atoms with Crippen LogP contribution in [0.4, 0.5) is 5.69 Å². The highest BCUT2D eigenvalue weighted by Gasteiger charge is 2.22. The Kier molecular flexibility index (Phi) is 3.06. The lowest BCUT2D eigenvalue weighted by Crippen LogP contribution is -2.40. The summed E-state index contributed by atoms with van der Waals surface area (Å²) in [4.78, 5) is 10.1. The minimum atomic E-state index is -0.426. The van der Waals surface area contributed by atoms with Crippen molar-refractivity contribution in [2.75, 3.05) is 0 Å². The summed E-state index contributed by atoms with van der Waals surface area (Å²) >= 11 is 0. The third-order valence-corrected chi connectivity index (χ3v) is 2.75. The lowest BCUT2D eigenvalue weighted by atomic mass is 9.86. The molecule has 4 heteroatoms. The Morgan fingerprint density at radius 3 is 2.65 bits per heavy atom. The average Bonchev–Trinajstić information content (AvgIpc) is 2.30. The Morgan fingerprint density at radius 2 is 2.12 bits per heavy atom. The molecular formula is C13H13N2O2. The molecule has 4 nitrogen and oxygen atoms in total. The molecule has 0 heterocycles. The minimum absolute atomic E-state index is 0.102. The van der Waals surface area contributed by atoms with Gasteiger partial charge in [-0.3, -0.25) is 10.1 Å². The van der Waals surface area contributed by atoms with E-state index in [4.69, 9.17) is 5.73 Å². The number of allylic oxidation sites excluding steroid dienone is 2. The van der Waals surface area contributed by atoms with Gasteiger partial charge in [-0.2, -0.15) is 0 Å². The highest BCUT2D eigenvalue weighted by Crippen LogP contribution is 2.21. The highest BCUT2D eigenvalue weighted by atomic mass is 16.6. The summed E-state index contributed by atoms with van der Waals surface area (Å²) in [7, 11) is 0. The summed E-state index contributed by atoms with van der Waals surface area (Å²) in [5.74, 6) is 0. The van der Waals surface area contributed by atoms with E-state index in [9.17, 15) is 10.1 Å². The fourth-order valence-corrected chi connectivity index (χ4v) is 1.85. The van der Waals surface area contributed by atoms with Crippen molar-refractivity contribution in [2.24, 2.45) is 5.73 Å². The predicted molar refractivity (Wildman–Crippen MR) is 65.3 cm³/mol. The van der Waals surface area contributed by atoms with Crippen LogP contribution in [-0.4, -0.2) is 10.5 Å². The number of benzene rings is 1. The molecule has 1 atom stereocenters. The number of hydrogen-bond donors (Lipinski definition) is 1. The first-order valence-corrected chi connectivity index (χ1v) is 5.36. The third-order valence-electron chi connectivity index (χ3n) is 2.75. The Labute approximate surface area is 99.6 Å². The van der Waals surface area contributed by atoms with Crippen molar-refractivity contribution in [3.8, 4) is 0 Å². The van der Waals surface area contributed by atoms with Crippen molar-refractivity contribution in [3.05, 3.63) is 64.2 Å². The molecule has 0 saturated carbocycles. The van der Waals surface area contributed by atoms with Crippen LogP contribution in [0.5, 0.6) is 0 Å². The highest BCUT2D eigenvalue weighted by molar-refractivity contribution is 5.34. The molecule has 2 N–H and O–H groups in total. The second-order valence-electron chi connectivity index (χ2n) is 4.24. The van der Waals surface area contributed by atoms with Gasteiger partial charge in [-0.25, -0.2) is 0 Å². The Balaban J connectivity index is 2.11. The van der Waals surface area contributed by atoms with Crippen molar-refractivity contribution in [2.45, 2.75) is 18.4 Å². The topological polar surface area (TPSA) is 69.2 Å². The van der Waals surface area contributed by atoms with Crippen LogP contribution in [0.15, 0.2) is 42.5 Å². The van der Waals surface area contributed by atoms with Crippen LogP contribution in [0, 0.1) is 16.2 Å². The fourth-order valence-electron chi connectivity index (χ4n) is 1.85. The van der Waals surface area contributed by atoms with Crippen molar-refractivity contribution < 1.29 is 4.92 Å². The van der Waals surface area contributed by atoms with Gasteiger partial charge in [0.2, 0.25) is 0 Å². The number of nitro groups is 1. The third kappa shape index (κ3) is 2.79. The second-order valence-corrected chi connectivity index (χ2v) is 4.24. The molecule has 87 valence electrons. The number of nitrogens with zero attached hydrogens (tertiary/aromatic N) is 1. The predicted octanol–water partition coefficient (Wildman–Crippen LogP) is 2.15. The molecule has 1 radical (unpaired) electrons. The van der Waals surface area contributed by atoms with Crippen LogP contribution < -0.4 is 5.73 Å². The summed E-state index contributed by atoms with van der Waals surface area (Å²) in [6.45, 7) is 0. The molecule has 1 aliphatic carbocycles. The lowest BCUT2D eigenvalue weighted by molar-refractivity contribution is -0.384. The molecule has 1 aromatic rings. The first-order chi connectivity index (χ1) is 8.09. The van der Waals surface area contributed by atoms with E-state index in [1.54, 1.807) is 12.1 Å². The van der Waals surface area contributed by atoms with Gasteiger partial charge in [0.15, 0.2) is 0 Å². The van der Waals surface area contributed by atoms with E-state index in [2.05, 4.69) is 6.08 Å². The van der Waals surface area contributed by atoms with Gasteiger partial charge in [-0.1, -0.05) is 30.4 Å². The largest absolute Gasteiger partial charge is 0.321 e. The van der Waals surface area contributed by atoms with E-state index in [0.717, 1.165) is 5.56 Å². The maximum Gasteiger partial charge on any atom is 0.269 e. The molecule has 1 unspecified atom stereocenters. The number of nitro benzene ring substituents is 1. The van der Waals surface area contributed by atoms with E-state index in [1.807, 2.05) is 18.2 Å². The van der Waals surface area contributed by atoms with Gasteiger partial charge >= 0.3 is 0 Å². The number of rotatable bonds is 3. The van der Waals surface area contributed by atoms with E-state index >= 15 is 0 Å². The molecule has 0 aromatic heterocycles. The molecule has 0 saturated heterocycles. The lowest BCUT2D eigenvalue weighted by Gasteiger charge is -2.26. The van der Waals surface area contributed by atoms with Crippen LogP contribution >= 0.6 is 0 Å². The quantitative estimate of drug-likeness (QED) is 0.637. The number of hydrogen-bond acceptors (Lipinski definition) is 3. The SMILES string of the molecule is NC1(Cc2ccc([N+](=O)[O-])cc2)C=CC=[C]C1. The zero-order valence-electron chi connectivity index (χ0n) is 9.30. The zero-order chi connectivity index (χ0) is 12.3. The van der Waals surface area contributed by atoms with Crippen molar-refractivity contribution in [1.29, 1.82) is 0 Å². The Hall–Kier alpha value is -1.94. The molecule has 1 aliphatic rings. The van der Waals surface area contributed by atoms with Crippen LogP contribution in [0.2, 0.25) is 0 Å². The van der Waals surface area contributed by atoms with Gasteiger partial charge in [0.25, 0.3) is 5.69 Å². The first kappa shape index (κ1) is 11.5. The fraction of sp³-hybridized carbons (Fsp3) is 0.231. The number of non-ortho nitro benzene ring substituents is 1. The van der Waals surface area contributed by atoms with Gasteiger partial charge in [0.05, 0.1) is 4.92 Å². The normalized spacial score (nSPS) is 22.6. The summed E-state index contributed by atoms with van der Waals surface area (Å²) in [6.07, 6.45) is 10.1. The molecule has 0 aliphatic heterocycles. The van der Waals surface area contributed by atoms with Gasteiger partial charge in [-0.05, 0) is 24.5 Å². The van der Waals surface area contributed by atoms with Crippen LogP contribution in [0.1, 0.15) is 12.0 Å². The van der Waals surface area contributed by atoms with Gasteiger partial charge in [-0.15, -0.1) is 0 Å². The smallest absolute Gasteiger partial charge is 0.269 e. The maximum atomic E-state index is 10.5. The Bertz CT molecular complexity index is 477. The van der Waals surface area contributed by atoms with Crippen molar-refractivity contribution in [1.82, 2.24) is 0 Å². The van der Waals surface area contributed by atoms with E-state index in [1.165, 1.54) is 12.1 Å². The van der Waals surface area contributed by atoms with Crippen molar-refractivity contribution >= 4 is 5.69 Å². The van der Waals surface area contributed by atoms with E-state index in [0.29, 0.717) is 12.8 Å². The Morgan fingerprint density at radius 1 is 1.41 bits per heavy atom. The van der Waals surface area contributed by atoms with E-state index in [-0.39, 0.29) is 5.69 Å². The maximum absolute atomic E-state index is 10.5. The summed E-state index contributed by atoms with van der Waals surface area (Å²) in [5, 5.41) is 10.5. The molecule has 0 fully saturated rings. The molecule has 2 rings (SSSR count). The average molecular weight is 229 g/mol. The molecule has 0 bridgehead atoms. The summed E-state index contributed by atoms with van der Waals surface area (Å²) in [6, 6.07) is 6.51. The van der Waals surface area contributed by atoms with Crippen molar-refractivity contribution in [3.63, 3.8) is 0 Å². The molecular weight excluding hydrogens is 216 g/mol. The molecule has 17 heavy (non-hydrogen) atoms. The molecule has 0 spiro atoms. The molecule has 0 amide bonds. The monoisotopic (exact) mass is 229 g/mol.